The van der Waals surface area contributed by atoms with Gasteiger partial charge in [-0.25, -0.2) is 0 Å². The van der Waals surface area contributed by atoms with Crippen molar-refractivity contribution in [2.45, 2.75) is 26.2 Å². The highest BCUT2D eigenvalue weighted by molar-refractivity contribution is 9.09. The second-order valence-electron chi connectivity index (χ2n) is 4.16. The molecule has 0 unspecified atom stereocenters. The average molecular weight is 299 g/mol. The van der Waals surface area contributed by atoms with Crippen molar-refractivity contribution in [2.75, 3.05) is 18.9 Å². The monoisotopic (exact) mass is 298 g/mol. The zero-order valence-corrected chi connectivity index (χ0v) is 12.0. The van der Waals surface area contributed by atoms with Gasteiger partial charge in [0.05, 0.1) is 5.56 Å². The zero-order valence-electron chi connectivity index (χ0n) is 10.4. The number of hydrogen-bond donors (Lipinski definition) is 0. The van der Waals surface area contributed by atoms with Crippen LogP contribution in [0.2, 0.25) is 0 Å². The predicted octanol–water partition coefficient (Wildman–Crippen LogP) is 3.03. The molecule has 94 valence electrons. The lowest BCUT2D eigenvalue weighted by atomic mass is 10.2. The van der Waals surface area contributed by atoms with Gasteiger partial charge in [-0.05, 0) is 31.9 Å². The van der Waals surface area contributed by atoms with Gasteiger partial charge in [0.2, 0.25) is 0 Å². The maximum atomic E-state index is 12.0. The van der Waals surface area contributed by atoms with Gasteiger partial charge in [0.25, 0.3) is 5.91 Å². The molecule has 1 amide bonds. The van der Waals surface area contributed by atoms with Crippen LogP contribution in [0.25, 0.3) is 0 Å². The first-order valence-electron chi connectivity index (χ1n) is 5.89. The number of carbonyl (C=O) groups excluding carboxylic acids is 1. The Morgan fingerprint density at radius 3 is 2.71 bits per heavy atom. The molecule has 0 aliphatic carbocycles. The van der Waals surface area contributed by atoms with E-state index in [0.29, 0.717) is 5.56 Å². The Morgan fingerprint density at radius 2 is 2.12 bits per heavy atom. The van der Waals surface area contributed by atoms with Crippen LogP contribution in [0.3, 0.4) is 0 Å². The van der Waals surface area contributed by atoms with Crippen LogP contribution in [0.1, 0.15) is 35.3 Å². The van der Waals surface area contributed by atoms with Crippen molar-refractivity contribution in [3.05, 3.63) is 29.6 Å². The SMILES string of the molecule is Cc1ccc(C(=O)N(C)CCCCCBr)cn1. The number of aryl methyl sites for hydroxylation is 1. The molecule has 0 spiro atoms. The Kier molecular flexibility index (Phi) is 6.19. The van der Waals surface area contributed by atoms with E-state index in [1.807, 2.05) is 26.1 Å². The van der Waals surface area contributed by atoms with E-state index < -0.39 is 0 Å². The van der Waals surface area contributed by atoms with Gasteiger partial charge in [-0.1, -0.05) is 22.4 Å². The minimum atomic E-state index is 0.0522. The summed E-state index contributed by atoms with van der Waals surface area (Å²) < 4.78 is 0. The van der Waals surface area contributed by atoms with Crippen LogP contribution in [0.4, 0.5) is 0 Å². The fraction of sp³-hybridized carbons (Fsp3) is 0.538. The number of alkyl halides is 1. The number of aromatic nitrogens is 1. The van der Waals surface area contributed by atoms with Crippen molar-refractivity contribution in [3.63, 3.8) is 0 Å². The van der Waals surface area contributed by atoms with Crippen molar-refractivity contribution in [1.29, 1.82) is 0 Å². The molecule has 0 atom stereocenters. The van der Waals surface area contributed by atoms with Gasteiger partial charge in [0, 0.05) is 30.8 Å². The van der Waals surface area contributed by atoms with Gasteiger partial charge in [-0.2, -0.15) is 0 Å². The average Bonchev–Trinajstić information content (AvgIpc) is 2.34. The summed E-state index contributed by atoms with van der Waals surface area (Å²) in [6.07, 6.45) is 5.00. The van der Waals surface area contributed by atoms with Crippen molar-refractivity contribution in [2.24, 2.45) is 0 Å². The summed E-state index contributed by atoms with van der Waals surface area (Å²) in [4.78, 5) is 17.9. The Hall–Kier alpha value is -0.900. The van der Waals surface area contributed by atoms with Crippen LogP contribution in [0, 0.1) is 6.92 Å². The molecule has 0 aliphatic rings. The maximum absolute atomic E-state index is 12.0. The molecule has 0 aromatic carbocycles. The van der Waals surface area contributed by atoms with E-state index in [1.165, 1.54) is 0 Å². The van der Waals surface area contributed by atoms with E-state index in [-0.39, 0.29) is 5.91 Å². The fourth-order valence-electron chi connectivity index (χ4n) is 1.54. The molecule has 0 saturated carbocycles. The number of amides is 1. The van der Waals surface area contributed by atoms with Crippen LogP contribution < -0.4 is 0 Å². The van der Waals surface area contributed by atoms with Crippen LogP contribution in [0.5, 0.6) is 0 Å². The normalized spacial score (nSPS) is 10.3. The highest BCUT2D eigenvalue weighted by Gasteiger charge is 2.10. The first-order chi connectivity index (χ1) is 8.15. The largest absolute Gasteiger partial charge is 0.342 e. The fourth-order valence-corrected chi connectivity index (χ4v) is 1.93. The quantitative estimate of drug-likeness (QED) is 0.597. The van der Waals surface area contributed by atoms with Gasteiger partial charge in [0.1, 0.15) is 0 Å². The number of hydrogen-bond acceptors (Lipinski definition) is 2. The maximum Gasteiger partial charge on any atom is 0.255 e. The number of rotatable bonds is 6. The van der Waals surface area contributed by atoms with Crippen molar-refractivity contribution in [3.8, 4) is 0 Å². The Balaban J connectivity index is 2.43. The van der Waals surface area contributed by atoms with E-state index in [1.54, 1.807) is 11.1 Å². The summed E-state index contributed by atoms with van der Waals surface area (Å²) in [6.45, 7) is 2.72. The molecule has 17 heavy (non-hydrogen) atoms. The Labute approximate surface area is 111 Å². The Morgan fingerprint density at radius 1 is 1.35 bits per heavy atom. The number of pyridine rings is 1. The molecule has 4 heteroatoms. The third kappa shape index (κ3) is 4.86. The summed E-state index contributed by atoms with van der Waals surface area (Å²) in [7, 11) is 1.84. The molecule has 0 N–H and O–H groups in total. The molecular weight excluding hydrogens is 280 g/mol. The topological polar surface area (TPSA) is 33.2 Å². The lowest BCUT2D eigenvalue weighted by Crippen LogP contribution is -2.27. The molecule has 0 saturated heterocycles. The highest BCUT2D eigenvalue weighted by Crippen LogP contribution is 2.05. The standard InChI is InChI=1S/C13H19BrN2O/c1-11-6-7-12(10-15-11)13(17)16(2)9-5-3-4-8-14/h6-7,10H,3-5,8-9H2,1-2H3. The Bertz CT molecular complexity index is 351. The van der Waals surface area contributed by atoms with Gasteiger partial charge in [0.15, 0.2) is 0 Å². The zero-order chi connectivity index (χ0) is 12.7. The van der Waals surface area contributed by atoms with Crippen molar-refractivity contribution in [1.82, 2.24) is 9.88 Å². The number of unbranched alkanes of at least 4 members (excludes halogenated alkanes) is 2. The van der Waals surface area contributed by atoms with E-state index >= 15 is 0 Å². The molecule has 1 rings (SSSR count). The molecule has 0 aliphatic heterocycles. The summed E-state index contributed by atoms with van der Waals surface area (Å²) >= 11 is 3.40. The second kappa shape index (κ2) is 7.43. The third-order valence-corrected chi connectivity index (χ3v) is 3.19. The molecule has 1 aromatic heterocycles. The molecule has 0 fully saturated rings. The summed E-state index contributed by atoms with van der Waals surface area (Å²) in [5, 5.41) is 1.03. The summed E-state index contributed by atoms with van der Waals surface area (Å²) in [5.41, 5.74) is 1.60. The van der Waals surface area contributed by atoms with E-state index in [0.717, 1.165) is 36.8 Å². The lowest BCUT2D eigenvalue weighted by molar-refractivity contribution is 0.0792. The smallest absolute Gasteiger partial charge is 0.255 e. The van der Waals surface area contributed by atoms with Gasteiger partial charge >= 0.3 is 0 Å². The van der Waals surface area contributed by atoms with Crippen molar-refractivity contribution >= 4 is 21.8 Å². The first kappa shape index (κ1) is 14.2. The minimum Gasteiger partial charge on any atom is -0.342 e. The molecule has 1 heterocycles. The first-order valence-corrected chi connectivity index (χ1v) is 7.01. The minimum absolute atomic E-state index is 0.0522. The van der Waals surface area contributed by atoms with Crippen LogP contribution in [0.15, 0.2) is 18.3 Å². The number of halogens is 1. The van der Waals surface area contributed by atoms with Crippen LogP contribution in [-0.4, -0.2) is 34.7 Å². The van der Waals surface area contributed by atoms with Gasteiger partial charge < -0.3 is 4.90 Å². The van der Waals surface area contributed by atoms with Gasteiger partial charge in [-0.15, -0.1) is 0 Å². The highest BCUT2D eigenvalue weighted by atomic mass is 79.9. The number of nitrogens with zero attached hydrogens (tertiary/aromatic N) is 2. The van der Waals surface area contributed by atoms with Crippen molar-refractivity contribution < 1.29 is 4.79 Å². The number of carbonyl (C=O) groups is 1. The van der Waals surface area contributed by atoms with Crippen LogP contribution in [-0.2, 0) is 0 Å². The third-order valence-electron chi connectivity index (χ3n) is 2.63. The summed E-state index contributed by atoms with van der Waals surface area (Å²) in [5.74, 6) is 0.0522. The predicted molar refractivity (Wildman–Crippen MR) is 73.6 cm³/mol. The molecule has 1 aromatic rings. The molecular formula is C13H19BrN2O. The van der Waals surface area contributed by atoms with E-state index in [4.69, 9.17) is 0 Å². The van der Waals surface area contributed by atoms with E-state index in [9.17, 15) is 4.79 Å². The molecule has 0 radical (unpaired) electrons. The second-order valence-corrected chi connectivity index (χ2v) is 4.96. The van der Waals surface area contributed by atoms with Crippen LogP contribution >= 0.6 is 15.9 Å². The molecule has 0 bridgehead atoms. The summed E-state index contributed by atoms with van der Waals surface area (Å²) in [6, 6.07) is 3.70. The molecule has 3 nitrogen and oxygen atoms in total. The van der Waals surface area contributed by atoms with E-state index in [2.05, 4.69) is 20.9 Å². The van der Waals surface area contributed by atoms with Gasteiger partial charge in [-0.3, -0.25) is 9.78 Å². The lowest BCUT2D eigenvalue weighted by Gasteiger charge is -2.16.